The summed E-state index contributed by atoms with van der Waals surface area (Å²) >= 11 is 3.57. The van der Waals surface area contributed by atoms with Crippen molar-refractivity contribution in [2.75, 3.05) is 26.2 Å². The highest BCUT2D eigenvalue weighted by molar-refractivity contribution is 9.10. The van der Waals surface area contributed by atoms with Crippen LogP contribution in [0.15, 0.2) is 77.3 Å². The van der Waals surface area contributed by atoms with Gasteiger partial charge in [0.1, 0.15) is 5.75 Å². The van der Waals surface area contributed by atoms with Crippen molar-refractivity contribution >= 4 is 32.7 Å². The van der Waals surface area contributed by atoms with Crippen molar-refractivity contribution in [3.63, 3.8) is 0 Å². The number of fused-ring (bicyclic) bond motifs is 1. The molecule has 2 fully saturated rings. The zero-order valence-electron chi connectivity index (χ0n) is 24.2. The van der Waals surface area contributed by atoms with Crippen LogP contribution < -0.4 is 5.32 Å². The van der Waals surface area contributed by atoms with Gasteiger partial charge in [0.05, 0.1) is 27.3 Å². The summed E-state index contributed by atoms with van der Waals surface area (Å²) in [6, 6.07) is 24.1. The van der Waals surface area contributed by atoms with Crippen LogP contribution in [0.1, 0.15) is 66.6 Å². The standard InChI is InChI=1S/C35H39BrN4O2/c1-24(25-11-5-2-6-12-25)37-35(42)31-28-15-16-30(41)32(36)34(28)38-33(26-13-7-3-8-14-26)29(31)23-39-21-17-27(18-22-39)40-19-9-4-10-20-40/h2-3,5-8,11-16,24,27,41H,4,9-10,17-23H2,1H3,(H,37,42)/t24-/m0/s1. The number of amides is 1. The summed E-state index contributed by atoms with van der Waals surface area (Å²) in [6.45, 7) is 7.09. The molecule has 0 aliphatic carbocycles. The summed E-state index contributed by atoms with van der Waals surface area (Å²) in [4.78, 5) is 24.6. The number of carbonyl (C=O) groups excluding carboxylic acids is 1. The van der Waals surface area contributed by atoms with E-state index in [1.165, 1.54) is 32.4 Å². The highest BCUT2D eigenvalue weighted by Crippen LogP contribution is 2.38. The second-order valence-electron chi connectivity index (χ2n) is 11.7. The number of phenols is 1. The molecular weight excluding hydrogens is 588 g/mol. The molecular formula is C35H39BrN4O2. The summed E-state index contributed by atoms with van der Waals surface area (Å²) in [5.41, 5.74) is 4.93. The van der Waals surface area contributed by atoms with Gasteiger partial charge in [-0.2, -0.15) is 0 Å². The summed E-state index contributed by atoms with van der Waals surface area (Å²) in [5.74, 6) is -0.0303. The third-order valence-corrected chi connectivity index (χ3v) is 9.73. The molecule has 4 aromatic rings. The number of likely N-dealkylation sites (tertiary alicyclic amines) is 2. The van der Waals surface area contributed by atoms with E-state index >= 15 is 0 Å². The van der Waals surface area contributed by atoms with Crippen LogP contribution in [0, 0.1) is 0 Å². The Bertz CT molecular complexity index is 1530. The van der Waals surface area contributed by atoms with Crippen molar-refractivity contribution in [2.45, 2.75) is 57.7 Å². The Kier molecular flexibility index (Phi) is 8.89. The minimum atomic E-state index is -0.171. The minimum absolute atomic E-state index is 0.102. The molecule has 2 aliphatic heterocycles. The molecule has 218 valence electrons. The number of nitrogens with zero attached hydrogens (tertiary/aromatic N) is 3. The Labute approximate surface area is 256 Å². The first kappa shape index (κ1) is 28.8. The van der Waals surface area contributed by atoms with E-state index in [1.807, 2.05) is 73.7 Å². The Morgan fingerprint density at radius 1 is 0.952 bits per heavy atom. The van der Waals surface area contributed by atoms with E-state index in [1.54, 1.807) is 6.07 Å². The highest BCUT2D eigenvalue weighted by Gasteiger charge is 2.29. The highest BCUT2D eigenvalue weighted by atomic mass is 79.9. The fourth-order valence-electron chi connectivity index (χ4n) is 6.62. The van der Waals surface area contributed by atoms with Crippen LogP contribution in [0.25, 0.3) is 22.2 Å². The van der Waals surface area contributed by atoms with Gasteiger partial charge in [-0.25, -0.2) is 4.98 Å². The SMILES string of the molecule is C[C@H](NC(=O)c1c(CN2CCC(N3CCCCC3)CC2)c(-c2ccccc2)nc2c(Br)c(O)ccc12)c1ccccc1. The van der Waals surface area contributed by atoms with Crippen LogP contribution in [-0.2, 0) is 6.54 Å². The van der Waals surface area contributed by atoms with Crippen LogP contribution in [-0.4, -0.2) is 58.0 Å². The number of pyridine rings is 1. The van der Waals surface area contributed by atoms with Gasteiger partial charge in [-0.3, -0.25) is 9.69 Å². The van der Waals surface area contributed by atoms with Crippen LogP contribution >= 0.6 is 15.9 Å². The maximum Gasteiger partial charge on any atom is 0.252 e. The molecule has 3 heterocycles. The number of aromatic nitrogens is 1. The Morgan fingerprint density at radius 2 is 1.62 bits per heavy atom. The van der Waals surface area contributed by atoms with Gasteiger partial charge in [-0.1, -0.05) is 67.1 Å². The van der Waals surface area contributed by atoms with E-state index in [0.717, 1.165) is 53.7 Å². The first-order valence-electron chi connectivity index (χ1n) is 15.2. The number of phenolic OH excluding ortho intramolecular Hbond substituents is 1. The van der Waals surface area contributed by atoms with Crippen LogP contribution in [0.4, 0.5) is 0 Å². The van der Waals surface area contributed by atoms with Crippen molar-refractivity contribution in [3.05, 3.63) is 94.0 Å². The number of piperidine rings is 2. The van der Waals surface area contributed by atoms with Gasteiger partial charge in [0, 0.05) is 29.1 Å². The second kappa shape index (κ2) is 12.9. The van der Waals surface area contributed by atoms with E-state index in [0.29, 0.717) is 28.1 Å². The number of hydrogen-bond acceptors (Lipinski definition) is 5. The first-order chi connectivity index (χ1) is 20.5. The molecule has 6 nitrogen and oxygen atoms in total. The molecule has 0 radical (unpaired) electrons. The van der Waals surface area contributed by atoms with Gasteiger partial charge in [-0.15, -0.1) is 0 Å². The van der Waals surface area contributed by atoms with E-state index in [2.05, 4.69) is 31.0 Å². The maximum absolute atomic E-state index is 14.3. The van der Waals surface area contributed by atoms with Crippen LogP contribution in [0.2, 0.25) is 0 Å². The Balaban J connectivity index is 1.40. The number of nitrogens with one attached hydrogen (secondary N) is 1. The van der Waals surface area contributed by atoms with Gasteiger partial charge in [0.25, 0.3) is 5.91 Å². The third kappa shape index (κ3) is 6.10. The lowest BCUT2D eigenvalue weighted by molar-refractivity contribution is 0.0883. The lowest BCUT2D eigenvalue weighted by atomic mass is 9.93. The van der Waals surface area contributed by atoms with Gasteiger partial charge >= 0.3 is 0 Å². The molecule has 1 aromatic heterocycles. The molecule has 42 heavy (non-hydrogen) atoms. The second-order valence-corrected chi connectivity index (χ2v) is 12.5. The van der Waals surface area contributed by atoms with Crippen LogP contribution in [0.5, 0.6) is 5.75 Å². The van der Waals surface area contributed by atoms with Crippen molar-refractivity contribution in [1.29, 1.82) is 0 Å². The quantitative estimate of drug-likeness (QED) is 0.225. The lowest BCUT2D eigenvalue weighted by Gasteiger charge is -2.40. The maximum atomic E-state index is 14.3. The lowest BCUT2D eigenvalue weighted by Crippen LogP contribution is -2.46. The van der Waals surface area contributed by atoms with Gasteiger partial charge < -0.3 is 15.3 Å². The van der Waals surface area contributed by atoms with Gasteiger partial charge in [0.2, 0.25) is 0 Å². The van der Waals surface area contributed by atoms with E-state index < -0.39 is 0 Å². The average Bonchev–Trinajstić information content (AvgIpc) is 3.04. The third-order valence-electron chi connectivity index (χ3n) is 8.94. The smallest absolute Gasteiger partial charge is 0.252 e. The molecule has 0 unspecified atom stereocenters. The van der Waals surface area contributed by atoms with E-state index in [-0.39, 0.29) is 17.7 Å². The Hall–Kier alpha value is -3.26. The number of carbonyl (C=O) groups is 1. The fraction of sp³-hybridized carbons (Fsp3) is 0.371. The monoisotopic (exact) mass is 626 g/mol. The summed E-state index contributed by atoms with van der Waals surface area (Å²) in [5, 5.41) is 14.6. The molecule has 6 rings (SSSR count). The van der Waals surface area contributed by atoms with Crippen molar-refractivity contribution in [1.82, 2.24) is 20.1 Å². The molecule has 1 amide bonds. The fourth-order valence-corrected chi connectivity index (χ4v) is 7.05. The number of benzene rings is 3. The predicted molar refractivity (Wildman–Crippen MR) is 173 cm³/mol. The molecule has 0 bridgehead atoms. The van der Waals surface area contributed by atoms with Gasteiger partial charge in [0.15, 0.2) is 0 Å². The summed E-state index contributed by atoms with van der Waals surface area (Å²) in [7, 11) is 0. The summed E-state index contributed by atoms with van der Waals surface area (Å²) in [6.07, 6.45) is 6.28. The van der Waals surface area contributed by atoms with Crippen molar-refractivity contribution in [2.24, 2.45) is 0 Å². The number of halogens is 1. The van der Waals surface area contributed by atoms with E-state index in [4.69, 9.17) is 4.98 Å². The zero-order chi connectivity index (χ0) is 29.1. The zero-order valence-corrected chi connectivity index (χ0v) is 25.8. The first-order valence-corrected chi connectivity index (χ1v) is 16.0. The molecule has 0 spiro atoms. The number of aromatic hydroxyl groups is 1. The minimum Gasteiger partial charge on any atom is -0.507 e. The molecule has 2 saturated heterocycles. The molecule has 1 atom stereocenters. The predicted octanol–water partition coefficient (Wildman–Crippen LogP) is 7.31. The largest absolute Gasteiger partial charge is 0.507 e. The summed E-state index contributed by atoms with van der Waals surface area (Å²) < 4.78 is 0.497. The van der Waals surface area contributed by atoms with E-state index in [9.17, 15) is 9.90 Å². The molecule has 2 aliphatic rings. The van der Waals surface area contributed by atoms with Crippen molar-refractivity contribution in [3.8, 4) is 17.0 Å². The average molecular weight is 628 g/mol. The van der Waals surface area contributed by atoms with Crippen molar-refractivity contribution < 1.29 is 9.90 Å². The van der Waals surface area contributed by atoms with Gasteiger partial charge in [-0.05, 0) is 92.4 Å². The Morgan fingerprint density at radius 3 is 2.31 bits per heavy atom. The molecule has 7 heteroatoms. The molecule has 0 saturated carbocycles. The molecule has 2 N–H and O–H groups in total. The molecule has 3 aromatic carbocycles. The van der Waals surface area contributed by atoms with Crippen LogP contribution in [0.3, 0.4) is 0 Å². The topological polar surface area (TPSA) is 68.7 Å². The number of hydrogen-bond donors (Lipinski definition) is 2. The normalized spacial score (nSPS) is 17.8. The number of rotatable bonds is 7.